The van der Waals surface area contributed by atoms with Gasteiger partial charge < -0.3 is 10.1 Å². The number of hydrogen-bond acceptors (Lipinski definition) is 6. The van der Waals surface area contributed by atoms with Crippen molar-refractivity contribution >= 4 is 33.4 Å². The molecule has 1 atom stereocenters. The van der Waals surface area contributed by atoms with Gasteiger partial charge in [0.05, 0.1) is 23.1 Å². The summed E-state index contributed by atoms with van der Waals surface area (Å²) in [5.41, 5.74) is 0.809. The second-order valence-corrected chi connectivity index (χ2v) is 9.26. The molecule has 2 aromatic rings. The van der Waals surface area contributed by atoms with Crippen LogP contribution in [0.25, 0.3) is 0 Å². The Morgan fingerprint density at radius 1 is 1.06 bits per heavy atom. The highest BCUT2D eigenvalue weighted by Gasteiger charge is 2.40. The third-order valence-electron chi connectivity index (χ3n) is 5.53. The van der Waals surface area contributed by atoms with Gasteiger partial charge in [-0.05, 0) is 55.3 Å². The molecule has 4 rings (SSSR count). The van der Waals surface area contributed by atoms with Crippen molar-refractivity contribution in [1.29, 1.82) is 0 Å². The lowest BCUT2D eigenvalue weighted by atomic mass is 10.1. The fourth-order valence-electron chi connectivity index (χ4n) is 3.84. The van der Waals surface area contributed by atoms with E-state index in [9.17, 15) is 22.8 Å². The Bertz CT molecular complexity index is 1180. The van der Waals surface area contributed by atoms with Gasteiger partial charge in [-0.2, -0.15) is 4.31 Å². The molecule has 31 heavy (non-hydrogen) atoms. The minimum Gasteiger partial charge on any atom is -0.497 e. The highest BCUT2D eigenvalue weighted by Crippen LogP contribution is 2.29. The van der Waals surface area contributed by atoms with Crippen LogP contribution in [0.3, 0.4) is 0 Å². The van der Waals surface area contributed by atoms with Gasteiger partial charge in [0.15, 0.2) is 0 Å². The van der Waals surface area contributed by atoms with Gasteiger partial charge in [0.1, 0.15) is 11.8 Å². The molecule has 0 radical (unpaired) electrons. The molecule has 2 aliphatic heterocycles. The van der Waals surface area contributed by atoms with Crippen molar-refractivity contribution in [3.05, 3.63) is 53.6 Å². The SMILES string of the molecule is COc1ccc(S(=O)(=O)N2CCC[C@@H]2C(=O)Nc2ccc3c(c2)C(=O)N(C)C3=O)cc1. The average molecular weight is 443 g/mol. The maximum atomic E-state index is 13.1. The average Bonchev–Trinajstić information content (AvgIpc) is 3.35. The fraction of sp³-hybridized carbons (Fsp3) is 0.286. The highest BCUT2D eigenvalue weighted by atomic mass is 32.2. The van der Waals surface area contributed by atoms with Crippen molar-refractivity contribution < 1.29 is 27.5 Å². The van der Waals surface area contributed by atoms with Crippen LogP contribution in [0.15, 0.2) is 47.4 Å². The number of ether oxygens (including phenoxy) is 1. The number of imide groups is 1. The number of hydrogen-bond donors (Lipinski definition) is 1. The Labute approximate surface area is 179 Å². The van der Waals surface area contributed by atoms with E-state index in [-0.39, 0.29) is 22.6 Å². The molecule has 0 spiro atoms. The Morgan fingerprint density at radius 2 is 1.74 bits per heavy atom. The summed E-state index contributed by atoms with van der Waals surface area (Å²) in [6.07, 6.45) is 0.932. The number of fused-ring (bicyclic) bond motifs is 1. The first-order chi connectivity index (χ1) is 14.7. The Hall–Kier alpha value is -3.24. The molecule has 0 aliphatic carbocycles. The third-order valence-corrected chi connectivity index (χ3v) is 7.45. The molecule has 0 aromatic heterocycles. The van der Waals surface area contributed by atoms with Crippen LogP contribution in [0.2, 0.25) is 0 Å². The first-order valence-electron chi connectivity index (χ1n) is 9.67. The summed E-state index contributed by atoms with van der Waals surface area (Å²) in [4.78, 5) is 38.2. The predicted molar refractivity (Wildman–Crippen MR) is 111 cm³/mol. The number of anilines is 1. The fourth-order valence-corrected chi connectivity index (χ4v) is 5.49. The molecule has 2 aromatic carbocycles. The van der Waals surface area contributed by atoms with E-state index in [0.717, 1.165) is 4.90 Å². The molecule has 10 heteroatoms. The van der Waals surface area contributed by atoms with E-state index in [0.29, 0.717) is 24.3 Å². The Morgan fingerprint density at radius 3 is 2.42 bits per heavy atom. The molecule has 3 amide bonds. The first kappa shape index (κ1) is 21.0. The highest BCUT2D eigenvalue weighted by molar-refractivity contribution is 7.89. The van der Waals surface area contributed by atoms with Crippen LogP contribution in [-0.2, 0) is 14.8 Å². The van der Waals surface area contributed by atoms with E-state index in [4.69, 9.17) is 4.74 Å². The molecule has 0 saturated carbocycles. The minimum atomic E-state index is -3.87. The number of sulfonamides is 1. The van der Waals surface area contributed by atoms with Crippen molar-refractivity contribution in [3.8, 4) is 5.75 Å². The van der Waals surface area contributed by atoms with Crippen molar-refractivity contribution in [2.75, 3.05) is 26.0 Å². The van der Waals surface area contributed by atoms with Crippen LogP contribution in [0, 0.1) is 0 Å². The van der Waals surface area contributed by atoms with Gasteiger partial charge in [0, 0.05) is 19.3 Å². The van der Waals surface area contributed by atoms with Crippen LogP contribution in [0.5, 0.6) is 5.75 Å². The van der Waals surface area contributed by atoms with Gasteiger partial charge in [0.2, 0.25) is 15.9 Å². The standard InChI is InChI=1S/C21H21N3O6S/c1-23-20(26)16-10-5-13(12-17(16)21(23)27)22-19(25)18-4-3-11-24(18)31(28,29)15-8-6-14(30-2)7-9-15/h5-10,12,18H,3-4,11H2,1-2H3,(H,22,25)/t18-/m1/s1. The topological polar surface area (TPSA) is 113 Å². The quantitative estimate of drug-likeness (QED) is 0.704. The second-order valence-electron chi connectivity index (χ2n) is 7.37. The lowest BCUT2D eigenvalue weighted by molar-refractivity contribution is -0.119. The van der Waals surface area contributed by atoms with Gasteiger partial charge in [-0.3, -0.25) is 19.3 Å². The van der Waals surface area contributed by atoms with E-state index < -0.39 is 33.8 Å². The van der Waals surface area contributed by atoms with Gasteiger partial charge in [-0.15, -0.1) is 0 Å². The number of benzene rings is 2. The molecule has 0 bridgehead atoms. The largest absolute Gasteiger partial charge is 0.497 e. The summed E-state index contributed by atoms with van der Waals surface area (Å²) in [7, 11) is -0.988. The molecule has 2 aliphatic rings. The van der Waals surface area contributed by atoms with E-state index >= 15 is 0 Å². The summed E-state index contributed by atoms with van der Waals surface area (Å²) in [5, 5.41) is 2.69. The van der Waals surface area contributed by atoms with Crippen LogP contribution >= 0.6 is 0 Å². The maximum absolute atomic E-state index is 13.1. The normalized spacial score (nSPS) is 18.9. The number of methoxy groups -OCH3 is 1. The Balaban J connectivity index is 1.55. The monoisotopic (exact) mass is 443 g/mol. The molecule has 2 heterocycles. The molecule has 0 unspecified atom stereocenters. The number of rotatable bonds is 5. The van der Waals surface area contributed by atoms with Gasteiger partial charge in [-0.25, -0.2) is 8.42 Å². The summed E-state index contributed by atoms with van der Waals surface area (Å²) in [5.74, 6) is -0.796. The summed E-state index contributed by atoms with van der Waals surface area (Å²) in [6, 6.07) is 9.57. The summed E-state index contributed by atoms with van der Waals surface area (Å²) < 4.78 is 32.4. The molecule has 1 N–H and O–H groups in total. The van der Waals surface area contributed by atoms with Crippen LogP contribution in [-0.4, -0.2) is 62.1 Å². The predicted octanol–water partition coefficient (Wildman–Crippen LogP) is 1.71. The van der Waals surface area contributed by atoms with E-state index in [1.54, 1.807) is 12.1 Å². The van der Waals surface area contributed by atoms with Crippen molar-refractivity contribution in [2.45, 2.75) is 23.8 Å². The van der Waals surface area contributed by atoms with E-state index in [1.807, 2.05) is 0 Å². The second kappa shape index (κ2) is 7.78. The number of carbonyl (C=O) groups is 3. The van der Waals surface area contributed by atoms with Crippen molar-refractivity contribution in [1.82, 2.24) is 9.21 Å². The number of nitrogens with one attached hydrogen (secondary N) is 1. The molecular formula is C21H21N3O6S. The number of carbonyl (C=O) groups excluding carboxylic acids is 3. The van der Waals surface area contributed by atoms with Crippen molar-refractivity contribution in [3.63, 3.8) is 0 Å². The zero-order valence-electron chi connectivity index (χ0n) is 17.0. The van der Waals surface area contributed by atoms with Gasteiger partial charge in [0.25, 0.3) is 11.8 Å². The summed E-state index contributed by atoms with van der Waals surface area (Å²) >= 11 is 0. The minimum absolute atomic E-state index is 0.0812. The van der Waals surface area contributed by atoms with E-state index in [1.165, 1.54) is 48.8 Å². The van der Waals surface area contributed by atoms with Crippen molar-refractivity contribution in [2.24, 2.45) is 0 Å². The summed E-state index contributed by atoms with van der Waals surface area (Å²) in [6.45, 7) is 0.231. The van der Waals surface area contributed by atoms with E-state index in [2.05, 4.69) is 5.32 Å². The van der Waals surface area contributed by atoms with Crippen LogP contribution in [0.1, 0.15) is 33.6 Å². The first-order valence-corrected chi connectivity index (χ1v) is 11.1. The third kappa shape index (κ3) is 3.57. The lowest BCUT2D eigenvalue weighted by Gasteiger charge is -2.23. The maximum Gasteiger partial charge on any atom is 0.261 e. The van der Waals surface area contributed by atoms with Crippen LogP contribution < -0.4 is 10.1 Å². The van der Waals surface area contributed by atoms with Crippen LogP contribution in [0.4, 0.5) is 5.69 Å². The molecule has 9 nitrogen and oxygen atoms in total. The zero-order chi connectivity index (χ0) is 22.3. The lowest BCUT2D eigenvalue weighted by Crippen LogP contribution is -2.43. The van der Waals surface area contributed by atoms with Gasteiger partial charge >= 0.3 is 0 Å². The number of amides is 3. The molecule has 1 saturated heterocycles. The smallest absolute Gasteiger partial charge is 0.261 e. The van der Waals surface area contributed by atoms with Gasteiger partial charge in [-0.1, -0.05) is 0 Å². The zero-order valence-corrected chi connectivity index (χ0v) is 17.8. The molecular weight excluding hydrogens is 422 g/mol. The molecule has 1 fully saturated rings. The number of nitrogens with zero attached hydrogens (tertiary/aromatic N) is 2. The Kier molecular flexibility index (Phi) is 5.28. The molecule has 162 valence electrons.